The number of aromatic carboxylic acids is 1. The van der Waals surface area contributed by atoms with Crippen LogP contribution in [0, 0.1) is 6.92 Å². The molecule has 1 rings (SSSR count). The Balaban J connectivity index is 2.49. The van der Waals surface area contributed by atoms with Crippen LogP contribution in [0.25, 0.3) is 0 Å². The van der Waals surface area contributed by atoms with Crippen LogP contribution >= 0.6 is 0 Å². The average molecular weight is 295 g/mol. The molecule has 2 N–H and O–H groups in total. The summed E-state index contributed by atoms with van der Waals surface area (Å²) in [5.41, 5.74) is 0.648. The number of carbonyl (C=O) groups is 2. The second-order valence-corrected chi connectivity index (χ2v) is 4.69. The number of carboxylic acid groups (broad SMARTS) is 1. The Hall–Kier alpha value is -1.99. The van der Waals surface area contributed by atoms with E-state index in [1.807, 2.05) is 11.9 Å². The molecule has 0 saturated heterocycles. The molecule has 7 heteroatoms. The first-order chi connectivity index (χ1) is 9.95. The lowest BCUT2D eigenvalue weighted by molar-refractivity contribution is 0.0694. The van der Waals surface area contributed by atoms with E-state index in [0.29, 0.717) is 25.4 Å². The van der Waals surface area contributed by atoms with Gasteiger partial charge in [-0.25, -0.2) is 9.78 Å². The second-order valence-electron chi connectivity index (χ2n) is 4.69. The summed E-state index contributed by atoms with van der Waals surface area (Å²) in [6.45, 7) is 4.18. The third-order valence-electron chi connectivity index (χ3n) is 3.01. The van der Waals surface area contributed by atoms with Crippen molar-refractivity contribution in [2.24, 2.45) is 0 Å². The fraction of sp³-hybridized carbons (Fsp3) is 0.500. The van der Waals surface area contributed by atoms with Crippen molar-refractivity contribution in [1.82, 2.24) is 15.2 Å². The van der Waals surface area contributed by atoms with Gasteiger partial charge in [0.2, 0.25) is 0 Å². The minimum atomic E-state index is -1.05. The van der Waals surface area contributed by atoms with Gasteiger partial charge in [-0.2, -0.15) is 0 Å². The zero-order chi connectivity index (χ0) is 15.8. The third-order valence-corrected chi connectivity index (χ3v) is 3.01. The normalized spacial score (nSPS) is 10.7. The molecule has 1 heterocycles. The number of nitrogens with one attached hydrogen (secondary N) is 1. The van der Waals surface area contributed by atoms with Crippen molar-refractivity contribution >= 4 is 11.9 Å². The van der Waals surface area contributed by atoms with Crippen LogP contribution in [-0.2, 0) is 4.74 Å². The molecule has 0 aliphatic heterocycles. The van der Waals surface area contributed by atoms with Gasteiger partial charge in [-0.3, -0.25) is 4.79 Å². The smallest absolute Gasteiger partial charge is 0.337 e. The number of amides is 1. The van der Waals surface area contributed by atoms with E-state index >= 15 is 0 Å². The Morgan fingerprint density at radius 1 is 1.38 bits per heavy atom. The monoisotopic (exact) mass is 295 g/mol. The van der Waals surface area contributed by atoms with E-state index in [0.717, 1.165) is 6.54 Å². The number of ether oxygens (including phenoxy) is 1. The lowest BCUT2D eigenvalue weighted by Crippen LogP contribution is -2.34. The van der Waals surface area contributed by atoms with Crippen LogP contribution < -0.4 is 5.32 Å². The number of hydrogen-bond donors (Lipinski definition) is 2. The van der Waals surface area contributed by atoms with E-state index in [2.05, 4.69) is 10.3 Å². The molecule has 0 bridgehead atoms. The topological polar surface area (TPSA) is 91.8 Å². The van der Waals surface area contributed by atoms with E-state index in [1.54, 1.807) is 14.0 Å². The van der Waals surface area contributed by atoms with Crippen molar-refractivity contribution < 1.29 is 19.4 Å². The standard InChI is InChI=1S/C14H21N3O4/c1-10-11(14(19)20)4-5-12(16-10)13(18)15-6-7-17(2)8-9-21-3/h4-5H,6-9H2,1-3H3,(H,15,18)(H,19,20). The van der Waals surface area contributed by atoms with Crippen LogP contribution in [0.3, 0.4) is 0 Å². The van der Waals surface area contributed by atoms with Crippen molar-refractivity contribution in [3.63, 3.8) is 0 Å². The number of aromatic nitrogens is 1. The number of likely N-dealkylation sites (N-methyl/N-ethyl adjacent to an activating group) is 1. The first-order valence-electron chi connectivity index (χ1n) is 6.62. The van der Waals surface area contributed by atoms with Crippen LogP contribution in [0.15, 0.2) is 12.1 Å². The van der Waals surface area contributed by atoms with Crippen LogP contribution in [0.4, 0.5) is 0 Å². The number of carboxylic acids is 1. The number of nitrogens with zero attached hydrogens (tertiary/aromatic N) is 2. The highest BCUT2D eigenvalue weighted by Crippen LogP contribution is 2.06. The molecule has 1 aromatic rings. The Morgan fingerprint density at radius 3 is 2.67 bits per heavy atom. The summed E-state index contributed by atoms with van der Waals surface area (Å²) in [5, 5.41) is 11.7. The average Bonchev–Trinajstić information content (AvgIpc) is 2.44. The van der Waals surface area contributed by atoms with Crippen molar-refractivity contribution in [2.75, 3.05) is 40.4 Å². The molecule has 0 atom stereocenters. The highest BCUT2D eigenvalue weighted by molar-refractivity contribution is 5.94. The summed E-state index contributed by atoms with van der Waals surface area (Å²) in [5.74, 6) is -1.36. The second kappa shape index (κ2) is 8.33. The predicted molar refractivity (Wildman–Crippen MR) is 77.6 cm³/mol. The molecular formula is C14H21N3O4. The number of methoxy groups -OCH3 is 1. The van der Waals surface area contributed by atoms with Gasteiger partial charge in [-0.05, 0) is 26.1 Å². The molecule has 0 saturated carbocycles. The highest BCUT2D eigenvalue weighted by atomic mass is 16.5. The Kier molecular flexibility index (Phi) is 6.77. The third kappa shape index (κ3) is 5.49. The molecular weight excluding hydrogens is 274 g/mol. The zero-order valence-corrected chi connectivity index (χ0v) is 12.5. The first-order valence-corrected chi connectivity index (χ1v) is 6.62. The van der Waals surface area contributed by atoms with E-state index in [9.17, 15) is 9.59 Å². The SMILES string of the molecule is COCCN(C)CCNC(=O)c1ccc(C(=O)O)c(C)n1. The van der Waals surface area contributed by atoms with Gasteiger partial charge in [-0.15, -0.1) is 0 Å². The van der Waals surface area contributed by atoms with Gasteiger partial charge < -0.3 is 20.1 Å². The van der Waals surface area contributed by atoms with Gasteiger partial charge in [0.15, 0.2) is 0 Å². The molecule has 0 aliphatic carbocycles. The van der Waals surface area contributed by atoms with Crippen molar-refractivity contribution in [3.05, 3.63) is 29.1 Å². The fourth-order valence-electron chi connectivity index (χ4n) is 1.72. The summed E-state index contributed by atoms with van der Waals surface area (Å²) in [6.07, 6.45) is 0. The maximum absolute atomic E-state index is 11.9. The molecule has 0 fully saturated rings. The van der Waals surface area contributed by atoms with E-state index in [-0.39, 0.29) is 17.2 Å². The Bertz CT molecular complexity index is 505. The molecule has 0 aromatic carbocycles. The van der Waals surface area contributed by atoms with Gasteiger partial charge in [0.25, 0.3) is 5.91 Å². The molecule has 116 valence electrons. The number of aryl methyl sites for hydroxylation is 1. The molecule has 0 radical (unpaired) electrons. The van der Waals surface area contributed by atoms with Gasteiger partial charge >= 0.3 is 5.97 Å². The van der Waals surface area contributed by atoms with Crippen LogP contribution in [0.1, 0.15) is 26.5 Å². The number of rotatable bonds is 8. The van der Waals surface area contributed by atoms with Gasteiger partial charge in [-0.1, -0.05) is 0 Å². The first kappa shape index (κ1) is 17.1. The zero-order valence-electron chi connectivity index (χ0n) is 12.5. The van der Waals surface area contributed by atoms with Gasteiger partial charge in [0.05, 0.1) is 17.9 Å². The van der Waals surface area contributed by atoms with Gasteiger partial charge in [0.1, 0.15) is 5.69 Å². The molecule has 1 amide bonds. The molecule has 1 aromatic heterocycles. The minimum absolute atomic E-state index is 0.103. The minimum Gasteiger partial charge on any atom is -0.478 e. The lowest BCUT2D eigenvalue weighted by atomic mass is 10.2. The largest absolute Gasteiger partial charge is 0.478 e. The van der Waals surface area contributed by atoms with Crippen molar-refractivity contribution in [3.8, 4) is 0 Å². The maximum Gasteiger partial charge on any atom is 0.337 e. The molecule has 0 spiro atoms. The predicted octanol–water partition coefficient (Wildman–Crippen LogP) is 0.396. The number of pyridine rings is 1. The van der Waals surface area contributed by atoms with E-state index in [4.69, 9.17) is 9.84 Å². The number of carbonyl (C=O) groups excluding carboxylic acids is 1. The fourth-order valence-corrected chi connectivity index (χ4v) is 1.72. The van der Waals surface area contributed by atoms with Crippen LogP contribution in [0.2, 0.25) is 0 Å². The molecule has 21 heavy (non-hydrogen) atoms. The van der Waals surface area contributed by atoms with Crippen LogP contribution in [-0.4, -0.2) is 67.3 Å². The van der Waals surface area contributed by atoms with E-state index < -0.39 is 5.97 Å². The van der Waals surface area contributed by atoms with Crippen LogP contribution in [0.5, 0.6) is 0 Å². The summed E-state index contributed by atoms with van der Waals surface area (Å²) in [4.78, 5) is 28.8. The van der Waals surface area contributed by atoms with E-state index in [1.165, 1.54) is 12.1 Å². The summed E-state index contributed by atoms with van der Waals surface area (Å²) in [7, 11) is 3.58. The summed E-state index contributed by atoms with van der Waals surface area (Å²) in [6, 6.07) is 2.81. The Labute approximate surface area is 123 Å². The summed E-state index contributed by atoms with van der Waals surface area (Å²) >= 11 is 0. The lowest BCUT2D eigenvalue weighted by Gasteiger charge is -2.16. The maximum atomic E-state index is 11.9. The van der Waals surface area contributed by atoms with Gasteiger partial charge in [0, 0.05) is 26.7 Å². The molecule has 0 unspecified atom stereocenters. The highest BCUT2D eigenvalue weighted by Gasteiger charge is 2.12. The van der Waals surface area contributed by atoms with Crippen molar-refractivity contribution in [2.45, 2.75) is 6.92 Å². The Morgan fingerprint density at radius 2 is 2.10 bits per heavy atom. The number of hydrogen-bond acceptors (Lipinski definition) is 5. The summed E-state index contributed by atoms with van der Waals surface area (Å²) < 4.78 is 4.97. The molecule has 7 nitrogen and oxygen atoms in total. The van der Waals surface area contributed by atoms with Crippen molar-refractivity contribution in [1.29, 1.82) is 0 Å². The molecule has 0 aliphatic rings. The quantitative estimate of drug-likeness (QED) is 0.721.